The number of anilines is 3. The maximum absolute atomic E-state index is 10.1. The van der Waals surface area contributed by atoms with Crippen LogP contribution in [-0.4, -0.2) is 5.11 Å². The van der Waals surface area contributed by atoms with Crippen LogP contribution in [0.5, 0.6) is 5.75 Å². The summed E-state index contributed by atoms with van der Waals surface area (Å²) >= 11 is 0. The molecule has 0 aromatic heterocycles. The monoisotopic (exact) mass is 361 g/mol. The standard InChI is InChI=1S/C26H19NO/c28-22-13-8-12-21(18-22)27(20-10-2-1-3-11-20)26-17-19-9-4-5-14-23(19)24-15-6-7-16-25(24)26/h1-18,28H. The van der Waals surface area contributed by atoms with Gasteiger partial charge in [0.05, 0.1) is 5.69 Å². The van der Waals surface area contributed by atoms with Gasteiger partial charge in [-0.15, -0.1) is 0 Å². The molecular formula is C26H19NO. The number of benzene rings is 5. The van der Waals surface area contributed by atoms with E-state index in [1.165, 1.54) is 21.5 Å². The van der Waals surface area contributed by atoms with Crippen molar-refractivity contribution in [1.29, 1.82) is 0 Å². The second kappa shape index (κ2) is 6.75. The number of phenolic OH excluding ortho intramolecular Hbond substituents is 1. The highest BCUT2D eigenvalue weighted by Crippen LogP contribution is 2.42. The molecule has 0 fully saturated rings. The third-order valence-electron chi connectivity index (χ3n) is 5.09. The summed E-state index contributed by atoms with van der Waals surface area (Å²) in [5.41, 5.74) is 3.06. The normalized spacial score (nSPS) is 11.0. The molecule has 5 rings (SSSR count). The molecule has 1 N–H and O–H groups in total. The van der Waals surface area contributed by atoms with E-state index in [1.807, 2.05) is 30.3 Å². The van der Waals surface area contributed by atoms with Crippen LogP contribution in [0.15, 0.2) is 109 Å². The van der Waals surface area contributed by atoms with Crippen LogP contribution in [0.3, 0.4) is 0 Å². The molecular weight excluding hydrogens is 342 g/mol. The van der Waals surface area contributed by atoms with Crippen LogP contribution in [0.25, 0.3) is 21.5 Å². The first-order valence-electron chi connectivity index (χ1n) is 9.36. The van der Waals surface area contributed by atoms with Crippen LogP contribution in [0, 0.1) is 0 Å². The van der Waals surface area contributed by atoms with E-state index in [9.17, 15) is 5.11 Å². The molecule has 0 radical (unpaired) electrons. The van der Waals surface area contributed by atoms with Crippen LogP contribution in [-0.2, 0) is 0 Å². The first-order chi connectivity index (χ1) is 13.8. The fourth-order valence-corrected chi connectivity index (χ4v) is 3.86. The number of rotatable bonds is 3. The van der Waals surface area contributed by atoms with Gasteiger partial charge in [0.25, 0.3) is 0 Å². The van der Waals surface area contributed by atoms with Gasteiger partial charge in [-0.25, -0.2) is 0 Å². The molecule has 0 saturated heterocycles. The Bertz CT molecular complexity index is 1280. The first kappa shape index (κ1) is 16.4. The molecule has 0 aliphatic rings. The van der Waals surface area contributed by atoms with E-state index >= 15 is 0 Å². The van der Waals surface area contributed by atoms with E-state index in [0.29, 0.717) is 0 Å². The summed E-state index contributed by atoms with van der Waals surface area (Å²) < 4.78 is 0. The lowest BCUT2D eigenvalue weighted by atomic mass is 9.99. The van der Waals surface area contributed by atoms with Gasteiger partial charge in [-0.05, 0) is 46.5 Å². The molecule has 5 aromatic rings. The summed E-state index contributed by atoms with van der Waals surface area (Å²) in [6, 6.07) is 36.9. The maximum Gasteiger partial charge on any atom is 0.117 e. The van der Waals surface area contributed by atoms with Crippen LogP contribution in [0.2, 0.25) is 0 Å². The average Bonchev–Trinajstić information content (AvgIpc) is 2.75. The second-order valence-electron chi connectivity index (χ2n) is 6.85. The van der Waals surface area contributed by atoms with Crippen LogP contribution in [0.1, 0.15) is 0 Å². The van der Waals surface area contributed by atoms with Gasteiger partial charge < -0.3 is 10.0 Å². The Morgan fingerprint density at radius 2 is 1.14 bits per heavy atom. The number of para-hydroxylation sites is 1. The lowest BCUT2D eigenvalue weighted by molar-refractivity contribution is 0.475. The van der Waals surface area contributed by atoms with E-state index in [1.54, 1.807) is 12.1 Å². The molecule has 0 unspecified atom stereocenters. The molecule has 0 aliphatic carbocycles. The van der Waals surface area contributed by atoms with E-state index in [4.69, 9.17) is 0 Å². The number of fused-ring (bicyclic) bond motifs is 3. The molecule has 0 atom stereocenters. The molecule has 0 heterocycles. The van der Waals surface area contributed by atoms with Gasteiger partial charge in [0.15, 0.2) is 0 Å². The van der Waals surface area contributed by atoms with Crippen LogP contribution < -0.4 is 4.90 Å². The predicted molar refractivity (Wildman–Crippen MR) is 118 cm³/mol. The van der Waals surface area contributed by atoms with Crippen LogP contribution in [0.4, 0.5) is 17.1 Å². The molecule has 2 heteroatoms. The van der Waals surface area contributed by atoms with Gasteiger partial charge >= 0.3 is 0 Å². The number of aromatic hydroxyl groups is 1. The zero-order chi connectivity index (χ0) is 18.9. The third-order valence-corrected chi connectivity index (χ3v) is 5.09. The van der Waals surface area contributed by atoms with E-state index in [2.05, 4.69) is 71.6 Å². The van der Waals surface area contributed by atoms with Crippen molar-refractivity contribution in [1.82, 2.24) is 0 Å². The lowest BCUT2D eigenvalue weighted by Crippen LogP contribution is -2.10. The van der Waals surface area contributed by atoms with E-state index < -0.39 is 0 Å². The Balaban J connectivity index is 1.87. The highest BCUT2D eigenvalue weighted by atomic mass is 16.3. The first-order valence-corrected chi connectivity index (χ1v) is 9.36. The minimum atomic E-state index is 0.253. The van der Waals surface area contributed by atoms with Crippen molar-refractivity contribution >= 4 is 38.6 Å². The van der Waals surface area contributed by atoms with Gasteiger partial charge in [-0.1, -0.05) is 72.8 Å². The van der Waals surface area contributed by atoms with Crippen molar-refractivity contribution in [3.8, 4) is 5.75 Å². The van der Waals surface area contributed by atoms with E-state index in [-0.39, 0.29) is 5.75 Å². The molecule has 0 aliphatic heterocycles. The molecule has 0 saturated carbocycles. The Kier molecular flexibility index (Phi) is 3.95. The SMILES string of the molecule is Oc1cccc(N(c2ccccc2)c2cc3ccccc3c3ccccc23)c1. The minimum absolute atomic E-state index is 0.253. The maximum atomic E-state index is 10.1. The summed E-state index contributed by atoms with van der Waals surface area (Å²) in [5.74, 6) is 0.253. The smallest absolute Gasteiger partial charge is 0.117 e. The lowest BCUT2D eigenvalue weighted by Gasteiger charge is -2.27. The molecule has 0 bridgehead atoms. The largest absolute Gasteiger partial charge is 0.508 e. The van der Waals surface area contributed by atoms with Crippen molar-refractivity contribution in [2.75, 3.05) is 4.90 Å². The second-order valence-corrected chi connectivity index (χ2v) is 6.85. The van der Waals surface area contributed by atoms with Crippen molar-refractivity contribution in [2.24, 2.45) is 0 Å². The zero-order valence-corrected chi connectivity index (χ0v) is 15.3. The van der Waals surface area contributed by atoms with Crippen LogP contribution >= 0.6 is 0 Å². The molecule has 0 amide bonds. The Morgan fingerprint density at radius 1 is 0.500 bits per heavy atom. The highest BCUT2D eigenvalue weighted by Gasteiger charge is 2.17. The summed E-state index contributed by atoms with van der Waals surface area (Å²) in [6.07, 6.45) is 0. The summed E-state index contributed by atoms with van der Waals surface area (Å²) in [5, 5.41) is 14.9. The minimum Gasteiger partial charge on any atom is -0.508 e. The van der Waals surface area contributed by atoms with Gasteiger partial charge in [0, 0.05) is 22.8 Å². The summed E-state index contributed by atoms with van der Waals surface area (Å²) in [6.45, 7) is 0. The fraction of sp³-hybridized carbons (Fsp3) is 0. The Labute approximate surface area is 163 Å². The van der Waals surface area contributed by atoms with Crippen molar-refractivity contribution in [3.63, 3.8) is 0 Å². The van der Waals surface area contributed by atoms with Gasteiger partial charge in [0.1, 0.15) is 5.75 Å². The highest BCUT2D eigenvalue weighted by molar-refractivity contribution is 6.14. The Morgan fingerprint density at radius 3 is 1.93 bits per heavy atom. The average molecular weight is 361 g/mol. The van der Waals surface area contributed by atoms with Gasteiger partial charge in [-0.2, -0.15) is 0 Å². The van der Waals surface area contributed by atoms with Crippen molar-refractivity contribution in [2.45, 2.75) is 0 Å². The summed E-state index contributed by atoms with van der Waals surface area (Å²) in [7, 11) is 0. The summed E-state index contributed by atoms with van der Waals surface area (Å²) in [4.78, 5) is 2.20. The molecule has 134 valence electrons. The van der Waals surface area contributed by atoms with Crippen molar-refractivity contribution in [3.05, 3.63) is 109 Å². The zero-order valence-electron chi connectivity index (χ0n) is 15.3. The number of hydrogen-bond donors (Lipinski definition) is 1. The van der Waals surface area contributed by atoms with Gasteiger partial charge in [0.2, 0.25) is 0 Å². The number of hydrogen-bond acceptors (Lipinski definition) is 2. The quantitative estimate of drug-likeness (QED) is 0.344. The number of nitrogens with zero attached hydrogens (tertiary/aromatic N) is 1. The topological polar surface area (TPSA) is 23.5 Å². The molecule has 5 aromatic carbocycles. The predicted octanol–water partition coefficient (Wildman–Crippen LogP) is 7.17. The van der Waals surface area contributed by atoms with Crippen molar-refractivity contribution < 1.29 is 5.11 Å². The molecule has 28 heavy (non-hydrogen) atoms. The Hall–Kier alpha value is -3.78. The van der Waals surface area contributed by atoms with E-state index in [0.717, 1.165) is 17.1 Å². The molecule has 0 spiro atoms. The molecule has 2 nitrogen and oxygen atoms in total. The number of phenols is 1. The third kappa shape index (κ3) is 2.76. The van der Waals surface area contributed by atoms with Gasteiger partial charge in [-0.3, -0.25) is 0 Å². The fourth-order valence-electron chi connectivity index (χ4n) is 3.86.